The van der Waals surface area contributed by atoms with Crippen LogP contribution in [0.25, 0.3) is 0 Å². The average molecular weight is 373 g/mol. The van der Waals surface area contributed by atoms with Crippen LogP contribution in [0.3, 0.4) is 0 Å². The van der Waals surface area contributed by atoms with E-state index in [4.69, 9.17) is 4.74 Å². The fourth-order valence-corrected chi connectivity index (χ4v) is 2.60. The summed E-state index contributed by atoms with van der Waals surface area (Å²) in [5.74, 6) is -0.252. The molecule has 0 saturated heterocycles. The number of amides is 2. The zero-order chi connectivity index (χ0) is 19.8. The highest BCUT2D eigenvalue weighted by atomic mass is 19.1. The lowest BCUT2D eigenvalue weighted by atomic mass is 10.1. The molecule has 0 aromatic heterocycles. The first kappa shape index (κ1) is 20.4. The van der Waals surface area contributed by atoms with Gasteiger partial charge in [-0.1, -0.05) is 17.7 Å². The van der Waals surface area contributed by atoms with Gasteiger partial charge in [0.15, 0.2) is 0 Å². The Morgan fingerprint density at radius 2 is 1.81 bits per heavy atom. The summed E-state index contributed by atoms with van der Waals surface area (Å²) in [6.07, 6.45) is 0. The van der Waals surface area contributed by atoms with Crippen molar-refractivity contribution in [3.63, 3.8) is 0 Å². The molecular formula is C20H24FN3O3. The summed E-state index contributed by atoms with van der Waals surface area (Å²) in [4.78, 5) is 25.7. The van der Waals surface area contributed by atoms with Gasteiger partial charge in [0.05, 0.1) is 20.2 Å². The Kier molecular flexibility index (Phi) is 7.31. The second kappa shape index (κ2) is 9.68. The van der Waals surface area contributed by atoms with E-state index in [0.29, 0.717) is 12.2 Å². The zero-order valence-corrected chi connectivity index (χ0v) is 15.7. The lowest BCUT2D eigenvalue weighted by Gasteiger charge is -2.18. The number of hydrogen-bond donors (Lipinski definition) is 2. The highest BCUT2D eigenvalue weighted by Gasteiger charge is 2.12. The van der Waals surface area contributed by atoms with Crippen molar-refractivity contribution in [2.75, 3.05) is 32.6 Å². The van der Waals surface area contributed by atoms with Crippen molar-refractivity contribution >= 4 is 17.5 Å². The maximum absolute atomic E-state index is 12.8. The van der Waals surface area contributed by atoms with E-state index in [9.17, 15) is 14.0 Å². The number of nitrogens with zero attached hydrogens (tertiary/aromatic N) is 1. The summed E-state index contributed by atoms with van der Waals surface area (Å²) in [6, 6.07) is 11.3. The molecule has 0 saturated carbocycles. The third-order valence-electron chi connectivity index (χ3n) is 3.86. The molecule has 0 heterocycles. The van der Waals surface area contributed by atoms with Crippen LogP contribution in [0, 0.1) is 12.7 Å². The van der Waals surface area contributed by atoms with Crippen molar-refractivity contribution in [2.45, 2.75) is 13.5 Å². The first-order valence-corrected chi connectivity index (χ1v) is 8.51. The van der Waals surface area contributed by atoms with Crippen LogP contribution in [-0.2, 0) is 16.1 Å². The largest absolute Gasteiger partial charge is 0.496 e. The number of carbonyl (C=O) groups is 2. The van der Waals surface area contributed by atoms with Gasteiger partial charge in [-0.15, -0.1) is 0 Å². The van der Waals surface area contributed by atoms with Gasteiger partial charge in [-0.05, 0) is 44.3 Å². The van der Waals surface area contributed by atoms with Crippen LogP contribution in [0.2, 0.25) is 0 Å². The van der Waals surface area contributed by atoms with Crippen molar-refractivity contribution < 1.29 is 18.7 Å². The topological polar surface area (TPSA) is 70.7 Å². The minimum atomic E-state index is -0.380. The Morgan fingerprint density at radius 3 is 2.48 bits per heavy atom. The number of hydrogen-bond acceptors (Lipinski definition) is 4. The second-order valence-electron chi connectivity index (χ2n) is 6.32. The van der Waals surface area contributed by atoms with E-state index in [-0.39, 0.29) is 30.7 Å². The van der Waals surface area contributed by atoms with E-state index in [1.54, 1.807) is 7.11 Å². The molecule has 0 radical (unpaired) electrons. The van der Waals surface area contributed by atoms with Gasteiger partial charge in [-0.2, -0.15) is 0 Å². The lowest BCUT2D eigenvalue weighted by molar-refractivity contribution is -0.124. The molecule has 0 unspecified atom stereocenters. The molecule has 144 valence electrons. The fourth-order valence-electron chi connectivity index (χ4n) is 2.60. The Labute approximate surface area is 158 Å². The number of benzene rings is 2. The van der Waals surface area contributed by atoms with Gasteiger partial charge >= 0.3 is 0 Å². The average Bonchev–Trinajstić information content (AvgIpc) is 2.62. The molecule has 2 aromatic rings. The minimum absolute atomic E-state index is 0.140. The SMILES string of the molecule is COc1ccc(C)cc1CN(C)CC(=O)NCC(=O)Nc1ccc(F)cc1. The lowest BCUT2D eigenvalue weighted by Crippen LogP contribution is -2.39. The molecule has 2 aromatic carbocycles. The first-order chi connectivity index (χ1) is 12.9. The summed E-state index contributed by atoms with van der Waals surface area (Å²) in [7, 11) is 3.43. The van der Waals surface area contributed by atoms with Crippen LogP contribution >= 0.6 is 0 Å². The van der Waals surface area contributed by atoms with Gasteiger partial charge in [-0.3, -0.25) is 14.5 Å². The normalized spacial score (nSPS) is 10.6. The van der Waals surface area contributed by atoms with Gasteiger partial charge in [0.25, 0.3) is 0 Å². The minimum Gasteiger partial charge on any atom is -0.496 e. The number of anilines is 1. The standard InChI is InChI=1S/C20H24FN3O3/c1-14-4-9-18(27-3)15(10-14)12-24(2)13-20(26)22-11-19(25)23-17-7-5-16(21)6-8-17/h4-10H,11-13H2,1-3H3,(H,22,26)(H,23,25). The number of likely N-dealkylation sites (N-methyl/N-ethyl adjacent to an activating group) is 1. The molecule has 2 N–H and O–H groups in total. The predicted octanol–water partition coefficient (Wildman–Crippen LogP) is 2.33. The molecule has 0 bridgehead atoms. The Bertz CT molecular complexity index is 794. The Hall–Kier alpha value is -2.93. The third-order valence-corrected chi connectivity index (χ3v) is 3.86. The van der Waals surface area contributed by atoms with Crippen molar-refractivity contribution in [3.05, 3.63) is 59.4 Å². The number of carbonyl (C=O) groups excluding carboxylic acids is 2. The maximum Gasteiger partial charge on any atom is 0.243 e. The van der Waals surface area contributed by atoms with E-state index in [0.717, 1.165) is 16.9 Å². The number of halogens is 1. The molecular weight excluding hydrogens is 349 g/mol. The summed E-state index contributed by atoms with van der Waals surface area (Å²) in [6.45, 7) is 2.52. The summed E-state index contributed by atoms with van der Waals surface area (Å²) in [5.41, 5.74) is 2.57. The fraction of sp³-hybridized carbons (Fsp3) is 0.300. The summed E-state index contributed by atoms with van der Waals surface area (Å²) < 4.78 is 18.2. The molecule has 27 heavy (non-hydrogen) atoms. The van der Waals surface area contributed by atoms with Crippen molar-refractivity contribution in [1.82, 2.24) is 10.2 Å². The molecule has 6 nitrogen and oxygen atoms in total. The van der Waals surface area contributed by atoms with Gasteiger partial charge < -0.3 is 15.4 Å². The van der Waals surface area contributed by atoms with Crippen LogP contribution in [0.1, 0.15) is 11.1 Å². The van der Waals surface area contributed by atoms with Crippen LogP contribution in [0.15, 0.2) is 42.5 Å². The van der Waals surface area contributed by atoms with E-state index in [2.05, 4.69) is 10.6 Å². The monoisotopic (exact) mass is 373 g/mol. The summed E-state index contributed by atoms with van der Waals surface area (Å²) >= 11 is 0. The number of rotatable bonds is 8. The molecule has 2 rings (SSSR count). The van der Waals surface area contributed by atoms with Crippen molar-refractivity contribution in [1.29, 1.82) is 0 Å². The van der Waals surface area contributed by atoms with Crippen LogP contribution < -0.4 is 15.4 Å². The van der Waals surface area contributed by atoms with Crippen molar-refractivity contribution in [2.24, 2.45) is 0 Å². The molecule has 0 aliphatic carbocycles. The van der Waals surface area contributed by atoms with Gasteiger partial charge in [0.1, 0.15) is 11.6 Å². The molecule has 0 aliphatic rings. The predicted molar refractivity (Wildman–Crippen MR) is 102 cm³/mol. The van der Waals surface area contributed by atoms with E-state index in [1.807, 2.05) is 37.1 Å². The molecule has 7 heteroatoms. The van der Waals surface area contributed by atoms with Crippen LogP contribution in [0.5, 0.6) is 5.75 Å². The molecule has 2 amide bonds. The quantitative estimate of drug-likeness (QED) is 0.745. The Morgan fingerprint density at radius 1 is 1.11 bits per heavy atom. The smallest absolute Gasteiger partial charge is 0.243 e. The summed E-state index contributed by atoms with van der Waals surface area (Å²) in [5, 5.41) is 5.16. The molecule has 0 spiro atoms. The zero-order valence-electron chi connectivity index (χ0n) is 15.7. The van der Waals surface area contributed by atoms with Gasteiger partial charge in [0.2, 0.25) is 11.8 Å². The van der Waals surface area contributed by atoms with Crippen LogP contribution in [0.4, 0.5) is 10.1 Å². The molecule has 0 atom stereocenters. The van der Waals surface area contributed by atoms with Crippen molar-refractivity contribution in [3.8, 4) is 5.75 Å². The van der Waals surface area contributed by atoms with E-state index < -0.39 is 0 Å². The first-order valence-electron chi connectivity index (χ1n) is 8.51. The van der Waals surface area contributed by atoms with E-state index in [1.165, 1.54) is 24.3 Å². The number of ether oxygens (including phenoxy) is 1. The van der Waals surface area contributed by atoms with Gasteiger partial charge in [0, 0.05) is 17.8 Å². The van der Waals surface area contributed by atoms with Gasteiger partial charge in [-0.25, -0.2) is 4.39 Å². The third kappa shape index (κ3) is 6.71. The highest BCUT2D eigenvalue weighted by molar-refractivity contribution is 5.94. The molecule has 0 fully saturated rings. The van der Waals surface area contributed by atoms with Crippen LogP contribution in [-0.4, -0.2) is 44.0 Å². The number of methoxy groups -OCH3 is 1. The molecule has 0 aliphatic heterocycles. The maximum atomic E-state index is 12.8. The van der Waals surface area contributed by atoms with E-state index >= 15 is 0 Å². The second-order valence-corrected chi connectivity index (χ2v) is 6.32. The number of aryl methyl sites for hydroxylation is 1. The Balaban J connectivity index is 1.78. The highest BCUT2D eigenvalue weighted by Crippen LogP contribution is 2.20. The number of nitrogens with one attached hydrogen (secondary N) is 2.